The molecule has 55 heavy (non-hydrogen) atoms. The van der Waals surface area contributed by atoms with Gasteiger partial charge >= 0.3 is 0 Å². The lowest BCUT2D eigenvalue weighted by molar-refractivity contribution is 0.549. The van der Waals surface area contributed by atoms with Crippen molar-refractivity contribution in [2.45, 2.75) is 68.2 Å². The van der Waals surface area contributed by atoms with Crippen LogP contribution in [0.1, 0.15) is 76.6 Å². The number of likely N-dealkylation sites (N-methyl/N-ethyl adjacent to an activating group) is 1. The van der Waals surface area contributed by atoms with Gasteiger partial charge in [-0.15, -0.1) is 5.73 Å². The molecule has 2 aliphatic carbocycles. The van der Waals surface area contributed by atoms with Crippen molar-refractivity contribution < 1.29 is 0 Å². The maximum absolute atomic E-state index is 3.31. The fourth-order valence-electron chi connectivity index (χ4n) is 8.48. The van der Waals surface area contributed by atoms with Crippen LogP contribution in [0.3, 0.4) is 0 Å². The fourth-order valence-corrected chi connectivity index (χ4v) is 8.48. The number of aryl methyl sites for hydroxylation is 1. The molecule has 0 aromatic heterocycles. The van der Waals surface area contributed by atoms with Crippen LogP contribution >= 0.6 is 0 Å². The first-order chi connectivity index (χ1) is 26.5. The molecule has 4 aromatic rings. The third kappa shape index (κ3) is 7.11. The van der Waals surface area contributed by atoms with E-state index in [-0.39, 0.29) is 5.41 Å². The predicted octanol–water partition coefficient (Wildman–Crippen LogP) is 14.9. The average Bonchev–Trinajstić information content (AvgIpc) is 3.63. The Bertz CT molecular complexity index is 2430. The van der Waals surface area contributed by atoms with Gasteiger partial charge in [0.1, 0.15) is 0 Å². The van der Waals surface area contributed by atoms with Crippen molar-refractivity contribution >= 4 is 34.4 Å². The molecule has 0 radical (unpaired) electrons. The fraction of sp³-hybridized carbons (Fsp3) is 0.226. The Morgan fingerprint density at radius 3 is 2.20 bits per heavy atom. The van der Waals surface area contributed by atoms with Gasteiger partial charge in [0, 0.05) is 40.8 Å². The third-order valence-electron chi connectivity index (χ3n) is 11.8. The van der Waals surface area contributed by atoms with Gasteiger partial charge in [0.15, 0.2) is 0 Å². The van der Waals surface area contributed by atoms with Gasteiger partial charge in [0.2, 0.25) is 0 Å². The highest BCUT2D eigenvalue weighted by atomic mass is 15.2. The van der Waals surface area contributed by atoms with Crippen molar-refractivity contribution in [1.82, 2.24) is 0 Å². The number of anilines is 4. The molecular formula is C53H54N2. The molecular weight excluding hydrogens is 665 g/mol. The van der Waals surface area contributed by atoms with Crippen molar-refractivity contribution in [2.24, 2.45) is 5.41 Å². The third-order valence-corrected chi connectivity index (χ3v) is 11.8. The first-order valence-electron chi connectivity index (χ1n) is 19.7. The molecule has 7 rings (SSSR count). The summed E-state index contributed by atoms with van der Waals surface area (Å²) in [4.78, 5) is 4.82. The zero-order valence-electron chi connectivity index (χ0n) is 34.1. The molecule has 0 N–H and O–H groups in total. The first-order valence-corrected chi connectivity index (χ1v) is 19.7. The molecule has 0 spiro atoms. The van der Waals surface area contributed by atoms with Gasteiger partial charge in [-0.05, 0) is 159 Å². The van der Waals surface area contributed by atoms with E-state index in [4.69, 9.17) is 0 Å². The topological polar surface area (TPSA) is 6.48 Å². The van der Waals surface area contributed by atoms with Crippen LogP contribution < -0.4 is 9.80 Å². The van der Waals surface area contributed by atoms with Crippen molar-refractivity contribution in [3.8, 4) is 11.1 Å². The summed E-state index contributed by atoms with van der Waals surface area (Å²) in [6.45, 7) is 18.0. The summed E-state index contributed by atoms with van der Waals surface area (Å²) in [7, 11) is 2.24. The molecule has 2 heteroatoms. The minimum atomic E-state index is -0.183. The van der Waals surface area contributed by atoms with E-state index in [0.29, 0.717) is 0 Å². The highest BCUT2D eigenvalue weighted by Crippen LogP contribution is 2.48. The largest absolute Gasteiger partial charge is 0.344 e. The molecule has 4 aromatic carbocycles. The number of nitrogens with zero attached hydrogens (tertiary/aromatic N) is 2. The number of allylic oxidation sites excluding steroid dienone is 13. The van der Waals surface area contributed by atoms with Crippen molar-refractivity contribution in [2.75, 3.05) is 16.8 Å². The van der Waals surface area contributed by atoms with Crippen LogP contribution in [0.4, 0.5) is 22.7 Å². The molecule has 276 valence electrons. The molecule has 2 nitrogen and oxygen atoms in total. The minimum absolute atomic E-state index is 0.183. The van der Waals surface area contributed by atoms with Crippen LogP contribution in [0.5, 0.6) is 0 Å². The second kappa shape index (κ2) is 15.5. The molecule has 1 aliphatic heterocycles. The van der Waals surface area contributed by atoms with Gasteiger partial charge < -0.3 is 9.80 Å². The van der Waals surface area contributed by atoms with E-state index in [1.807, 2.05) is 0 Å². The Morgan fingerprint density at radius 2 is 1.53 bits per heavy atom. The second-order valence-electron chi connectivity index (χ2n) is 15.6. The highest BCUT2D eigenvalue weighted by molar-refractivity contribution is 5.93. The van der Waals surface area contributed by atoms with E-state index in [0.717, 1.165) is 35.6 Å². The average molecular weight is 719 g/mol. The Labute approximate surface area is 329 Å². The van der Waals surface area contributed by atoms with Gasteiger partial charge in [-0.25, -0.2) is 0 Å². The molecule has 0 fully saturated rings. The lowest BCUT2D eigenvalue weighted by Gasteiger charge is -2.38. The van der Waals surface area contributed by atoms with E-state index in [1.54, 1.807) is 0 Å². The smallest absolute Gasteiger partial charge is 0.0509 e. The number of hydrogen-bond acceptors (Lipinski definition) is 2. The molecule has 0 atom stereocenters. The monoisotopic (exact) mass is 718 g/mol. The zero-order valence-corrected chi connectivity index (χ0v) is 34.1. The summed E-state index contributed by atoms with van der Waals surface area (Å²) in [5.41, 5.74) is 24.0. The van der Waals surface area contributed by atoms with Crippen LogP contribution in [-0.4, -0.2) is 7.05 Å². The maximum Gasteiger partial charge on any atom is 0.0509 e. The zero-order chi connectivity index (χ0) is 38.9. The minimum Gasteiger partial charge on any atom is -0.344 e. The molecule has 0 unspecified atom stereocenters. The summed E-state index contributed by atoms with van der Waals surface area (Å²) in [6, 6.07) is 31.2. The van der Waals surface area contributed by atoms with Crippen LogP contribution in [0, 0.1) is 19.3 Å². The number of para-hydroxylation sites is 1. The van der Waals surface area contributed by atoms with Crippen LogP contribution in [0.15, 0.2) is 173 Å². The second-order valence-corrected chi connectivity index (χ2v) is 15.6. The van der Waals surface area contributed by atoms with Crippen LogP contribution in [0.25, 0.3) is 22.8 Å². The molecule has 1 heterocycles. The predicted molar refractivity (Wildman–Crippen MR) is 239 cm³/mol. The summed E-state index contributed by atoms with van der Waals surface area (Å²) < 4.78 is 0. The number of benzene rings is 4. The highest BCUT2D eigenvalue weighted by Gasteiger charge is 2.32. The van der Waals surface area contributed by atoms with Crippen molar-refractivity contribution in [3.05, 3.63) is 195 Å². The van der Waals surface area contributed by atoms with Gasteiger partial charge in [0.25, 0.3) is 0 Å². The molecule has 0 amide bonds. The summed E-state index contributed by atoms with van der Waals surface area (Å²) in [5, 5.41) is 0. The normalized spacial score (nSPS) is 18.1. The van der Waals surface area contributed by atoms with Gasteiger partial charge in [-0.3, -0.25) is 0 Å². The van der Waals surface area contributed by atoms with Gasteiger partial charge in [-0.1, -0.05) is 110 Å². The lowest BCUT2D eigenvalue weighted by Crippen LogP contribution is -2.28. The summed E-state index contributed by atoms with van der Waals surface area (Å²) in [5.74, 6) is 0. The molecule has 0 bridgehead atoms. The SMILES string of the molecule is CC=C1/C(C(C)(C)C2=CCCC=C2)=C\C=C/c2c(-c3cccc(/C(C)=C(\C)C4=C(C)C=C=C4)c3C)cc(N(c3ccccc3)c3ccc(C)cc3)cc2N1C. The Morgan fingerprint density at radius 1 is 0.782 bits per heavy atom. The molecule has 0 saturated carbocycles. The van der Waals surface area contributed by atoms with E-state index in [1.165, 1.54) is 72.5 Å². The quantitative estimate of drug-likeness (QED) is 0.167. The first kappa shape index (κ1) is 37.5. The molecule has 3 aliphatic rings. The van der Waals surface area contributed by atoms with Gasteiger partial charge in [-0.2, -0.15) is 0 Å². The number of hydrogen-bond donors (Lipinski definition) is 0. The number of rotatable bonds is 8. The summed E-state index contributed by atoms with van der Waals surface area (Å²) in [6.07, 6.45) is 22.7. The standard InChI is InChI=1S/C53H54N2/c1-10-51-50(53(7,8)41-21-13-11-14-22-41)29-19-28-48-49(47-27-18-26-46(40(47)6)39(5)38(4)45-25-17-20-37(45)3)34-44(35-52(48)54(51)9)55(42-23-15-12-16-24-42)43-32-30-36(2)31-33-43/h10,12-13,15-16,18-35H,11,14H2,1-9H3/b28-19-,39-38+,50-29+,51-10?. The number of fused-ring (bicyclic) bond motifs is 1. The Balaban J connectivity index is 1.50. The van der Waals surface area contributed by atoms with E-state index in [9.17, 15) is 0 Å². The van der Waals surface area contributed by atoms with Crippen molar-refractivity contribution in [3.63, 3.8) is 0 Å². The van der Waals surface area contributed by atoms with Crippen LogP contribution in [0.2, 0.25) is 0 Å². The van der Waals surface area contributed by atoms with E-state index >= 15 is 0 Å². The molecule has 0 saturated heterocycles. The van der Waals surface area contributed by atoms with Crippen LogP contribution in [-0.2, 0) is 0 Å². The van der Waals surface area contributed by atoms with Gasteiger partial charge in [0.05, 0.1) is 5.69 Å². The Hall–Kier alpha value is -5.82. The van der Waals surface area contributed by atoms with E-state index in [2.05, 4.69) is 218 Å². The lowest BCUT2D eigenvalue weighted by atomic mass is 9.73. The maximum atomic E-state index is 3.31. The summed E-state index contributed by atoms with van der Waals surface area (Å²) >= 11 is 0. The van der Waals surface area contributed by atoms with Crippen molar-refractivity contribution in [1.29, 1.82) is 0 Å². The Kier molecular flexibility index (Phi) is 10.6. The van der Waals surface area contributed by atoms with E-state index < -0.39 is 0 Å².